The van der Waals surface area contributed by atoms with E-state index in [-0.39, 0.29) is 0 Å². The van der Waals surface area contributed by atoms with Crippen LogP contribution in [-0.2, 0) is 24.5 Å². The van der Waals surface area contributed by atoms with Gasteiger partial charge < -0.3 is 9.08 Å². The van der Waals surface area contributed by atoms with Gasteiger partial charge >= 0.3 is 0 Å². The normalized spacial score (nSPS) is 18.6. The molecule has 2 heterocycles. The predicted octanol–water partition coefficient (Wildman–Crippen LogP) is 10.4. The first-order valence-corrected chi connectivity index (χ1v) is 19.2. The lowest BCUT2D eigenvalue weighted by molar-refractivity contribution is -0.642. The fraction of sp³-hybridized carbons (Fsp3) is 0.167. The van der Waals surface area contributed by atoms with Gasteiger partial charge in [-0.25, -0.2) is 4.21 Å². The summed E-state index contributed by atoms with van der Waals surface area (Å²) in [7, 11) is 4.22. The average Bonchev–Trinajstić information content (AvgIpc) is 3.59. The van der Waals surface area contributed by atoms with E-state index in [1.165, 1.54) is 37.9 Å². The maximum Gasteiger partial charge on any atom is 0.262 e. The van der Waals surface area contributed by atoms with Gasteiger partial charge in [0.15, 0.2) is 0 Å². The van der Waals surface area contributed by atoms with Gasteiger partial charge in [0.2, 0.25) is 16.6 Å². The number of aromatic nitrogens is 1. The molecule has 0 spiro atoms. The van der Waals surface area contributed by atoms with Crippen LogP contribution in [0.4, 0.5) is 5.69 Å². The van der Waals surface area contributed by atoms with E-state index in [0.29, 0.717) is 16.6 Å². The van der Waals surface area contributed by atoms with Crippen molar-refractivity contribution in [2.75, 3.05) is 11.9 Å². The molecule has 2 unspecified atom stereocenters. The highest BCUT2D eigenvalue weighted by Gasteiger charge is 2.22. The summed E-state index contributed by atoms with van der Waals surface area (Å²) >= 11 is 1.98. The zero-order chi connectivity index (χ0) is 33.7. The topological polar surface area (TPSA) is 33.4 Å². The fourth-order valence-corrected chi connectivity index (χ4v) is 9.13. The molecule has 246 valence electrons. The second-order valence-corrected chi connectivity index (χ2v) is 15.8. The summed E-state index contributed by atoms with van der Waals surface area (Å²) in [6.07, 6.45) is 18.7. The number of fused-ring (bicyclic) bond motifs is 2. The van der Waals surface area contributed by atoms with Crippen LogP contribution < -0.4 is 13.7 Å². The largest absolute Gasteiger partial charge is 0.397 e. The van der Waals surface area contributed by atoms with Crippen molar-refractivity contribution in [1.29, 1.82) is 0 Å². The Balaban J connectivity index is 1.01. The molecule has 0 fully saturated rings. The van der Waals surface area contributed by atoms with E-state index in [1.807, 2.05) is 60.3 Å². The fourth-order valence-electron chi connectivity index (χ4n) is 6.28. The van der Waals surface area contributed by atoms with Crippen LogP contribution in [0.3, 0.4) is 0 Å². The van der Waals surface area contributed by atoms with Gasteiger partial charge in [-0.1, -0.05) is 115 Å². The van der Waals surface area contributed by atoms with Crippen LogP contribution in [0.15, 0.2) is 159 Å². The number of thiazole rings is 1. The third-order valence-corrected chi connectivity index (χ3v) is 12.1. The standard InChI is InChI=1S/C42H39N2O2S3/c1-30-24-32(14-10-18-41-43(2)37-28-34(20-22-39(37)47-41)26-31-12-6-4-7-13-31)27-33(25-30)15-11-19-42-44(3)38-29-36(21-23-40(38)48-42)49(45)46-35-16-8-5-9-17-35/h4-23,27-30H,24-26H2,1-3H3/q+1. The second kappa shape index (κ2) is 15.0. The quantitative estimate of drug-likeness (QED) is 0.143. The second-order valence-electron chi connectivity index (χ2n) is 12.6. The van der Waals surface area contributed by atoms with Crippen LogP contribution in [0.1, 0.15) is 35.9 Å². The van der Waals surface area contributed by atoms with Crippen molar-refractivity contribution in [3.05, 3.63) is 166 Å². The van der Waals surface area contributed by atoms with Crippen LogP contribution >= 0.6 is 23.1 Å². The molecule has 0 radical (unpaired) electrons. The molecule has 0 amide bonds. The molecule has 1 aliphatic carbocycles. The number of nitrogens with zero attached hydrogens (tertiary/aromatic N) is 2. The maximum absolute atomic E-state index is 12.9. The number of thioether (sulfide) groups is 1. The van der Waals surface area contributed by atoms with E-state index >= 15 is 0 Å². The Kier molecular flexibility index (Phi) is 10.1. The van der Waals surface area contributed by atoms with Gasteiger partial charge in [0.1, 0.15) is 17.5 Å². The molecule has 0 saturated heterocycles. The summed E-state index contributed by atoms with van der Waals surface area (Å²) in [5.74, 6) is 1.18. The summed E-state index contributed by atoms with van der Waals surface area (Å²) in [6, 6.07) is 32.7. The number of para-hydroxylation sites is 1. The first-order valence-electron chi connectivity index (χ1n) is 16.5. The minimum absolute atomic E-state index is 0.589. The Morgan fingerprint density at radius 1 is 0.898 bits per heavy atom. The third kappa shape index (κ3) is 7.91. The van der Waals surface area contributed by atoms with Gasteiger partial charge in [-0.05, 0) is 89.9 Å². The van der Waals surface area contributed by atoms with E-state index in [4.69, 9.17) is 4.18 Å². The number of hydrogen-bond acceptors (Lipinski definition) is 5. The van der Waals surface area contributed by atoms with Crippen LogP contribution in [0.2, 0.25) is 0 Å². The molecule has 2 atom stereocenters. The zero-order valence-electron chi connectivity index (χ0n) is 27.9. The van der Waals surface area contributed by atoms with E-state index in [2.05, 4.69) is 122 Å². The molecule has 5 aromatic rings. The molecular formula is C42H39N2O2S3+. The Labute approximate surface area is 300 Å². The molecule has 4 aromatic carbocycles. The molecule has 2 aliphatic rings. The summed E-state index contributed by atoms with van der Waals surface area (Å²) < 4.78 is 21.8. The van der Waals surface area contributed by atoms with Crippen LogP contribution in [0.25, 0.3) is 16.3 Å². The van der Waals surface area contributed by atoms with Crippen molar-refractivity contribution in [3.8, 4) is 5.75 Å². The highest BCUT2D eigenvalue weighted by Crippen LogP contribution is 2.45. The molecule has 1 aromatic heterocycles. The number of anilines is 1. The van der Waals surface area contributed by atoms with E-state index < -0.39 is 11.1 Å². The minimum atomic E-state index is -1.58. The van der Waals surface area contributed by atoms with E-state index in [1.54, 1.807) is 11.3 Å². The van der Waals surface area contributed by atoms with Crippen molar-refractivity contribution >= 4 is 56.2 Å². The van der Waals surface area contributed by atoms with Gasteiger partial charge in [-0.15, -0.1) is 0 Å². The molecule has 0 bridgehead atoms. The Morgan fingerprint density at radius 2 is 1.67 bits per heavy atom. The lowest BCUT2D eigenvalue weighted by Gasteiger charge is -2.19. The van der Waals surface area contributed by atoms with Gasteiger partial charge in [0, 0.05) is 24.1 Å². The number of benzene rings is 4. The Morgan fingerprint density at radius 3 is 2.49 bits per heavy atom. The molecule has 1 aliphatic heterocycles. The molecule has 4 nitrogen and oxygen atoms in total. The number of rotatable bonds is 9. The first kappa shape index (κ1) is 33.1. The zero-order valence-corrected chi connectivity index (χ0v) is 30.4. The van der Waals surface area contributed by atoms with Gasteiger partial charge in [-0.2, -0.15) is 4.57 Å². The highest BCUT2D eigenvalue weighted by molar-refractivity contribution is 8.03. The van der Waals surface area contributed by atoms with Crippen molar-refractivity contribution in [2.24, 2.45) is 13.0 Å². The lowest BCUT2D eigenvalue weighted by atomic mass is 9.86. The van der Waals surface area contributed by atoms with Crippen molar-refractivity contribution < 1.29 is 13.0 Å². The number of hydrogen-bond donors (Lipinski definition) is 0. The van der Waals surface area contributed by atoms with Gasteiger partial charge in [0.05, 0.1) is 15.6 Å². The lowest BCUT2D eigenvalue weighted by Crippen LogP contribution is -2.29. The van der Waals surface area contributed by atoms with Crippen LogP contribution in [-0.4, -0.2) is 11.3 Å². The summed E-state index contributed by atoms with van der Waals surface area (Å²) in [4.78, 5) is 4.26. The third-order valence-electron chi connectivity index (χ3n) is 8.76. The molecule has 0 saturated carbocycles. The monoisotopic (exact) mass is 699 g/mol. The van der Waals surface area contributed by atoms with Crippen LogP contribution in [0.5, 0.6) is 5.75 Å². The summed E-state index contributed by atoms with van der Waals surface area (Å²) in [6.45, 7) is 2.33. The minimum Gasteiger partial charge on any atom is -0.397 e. The van der Waals surface area contributed by atoms with Crippen molar-refractivity contribution in [3.63, 3.8) is 0 Å². The Bertz CT molecular complexity index is 2160. The maximum atomic E-state index is 12.9. The number of allylic oxidation sites excluding steroid dienone is 8. The first-order chi connectivity index (χ1) is 23.9. The summed E-state index contributed by atoms with van der Waals surface area (Å²) in [5.41, 5.74) is 7.68. The molecule has 7 heteroatoms. The van der Waals surface area contributed by atoms with Crippen molar-refractivity contribution in [1.82, 2.24) is 0 Å². The molecular weight excluding hydrogens is 661 g/mol. The average molecular weight is 700 g/mol. The number of aryl methyl sites for hydroxylation is 1. The van der Waals surface area contributed by atoms with Crippen LogP contribution in [0, 0.1) is 5.92 Å². The van der Waals surface area contributed by atoms with E-state index in [9.17, 15) is 4.21 Å². The van der Waals surface area contributed by atoms with Gasteiger partial charge in [-0.3, -0.25) is 0 Å². The smallest absolute Gasteiger partial charge is 0.262 e. The SMILES string of the molecule is CC1CC(=CC=Cc2sc3ccc(S(=O)Oc4ccccc4)cc3[n+]2C)C=C(C=CC=C2Sc3ccc(Cc4ccccc4)cc3N2C)C1. The molecule has 49 heavy (non-hydrogen) atoms. The predicted molar refractivity (Wildman–Crippen MR) is 207 cm³/mol. The molecule has 7 rings (SSSR count). The molecule has 0 N–H and O–H groups in total. The van der Waals surface area contributed by atoms with Gasteiger partial charge in [0.25, 0.3) is 5.01 Å². The van der Waals surface area contributed by atoms with E-state index in [0.717, 1.165) is 34.5 Å². The highest BCUT2D eigenvalue weighted by atomic mass is 32.2. The summed E-state index contributed by atoms with van der Waals surface area (Å²) in [5, 5.41) is 2.37. The van der Waals surface area contributed by atoms with Crippen molar-refractivity contribution in [2.45, 2.75) is 36.0 Å². The Hall–Kier alpha value is -4.43.